The number of benzene rings is 2. The minimum atomic E-state index is -0.338. The van der Waals surface area contributed by atoms with E-state index in [2.05, 4.69) is 15.9 Å². The number of nitrogens with zero attached hydrogens (tertiary/aromatic N) is 1. The molecule has 1 amide bonds. The fraction of sp³-hybridized carbons (Fsp3) is 0.320. The van der Waals surface area contributed by atoms with Gasteiger partial charge in [-0.05, 0) is 58.6 Å². The smallest absolute Gasteiger partial charge is 0.307 e. The highest BCUT2D eigenvalue weighted by Crippen LogP contribution is 2.39. The minimum Gasteiger partial charge on any atom is -0.493 e. The maximum atomic E-state index is 12.9. The molecule has 0 N–H and O–H groups in total. The molecule has 0 aromatic heterocycles. The fourth-order valence-corrected chi connectivity index (χ4v) is 5.02. The van der Waals surface area contributed by atoms with Gasteiger partial charge in [-0.25, -0.2) is 0 Å². The molecule has 0 aliphatic carbocycles. The molecule has 6 nitrogen and oxygen atoms in total. The summed E-state index contributed by atoms with van der Waals surface area (Å²) in [5, 5.41) is 0. The summed E-state index contributed by atoms with van der Waals surface area (Å²) in [6, 6.07) is 11.8. The van der Waals surface area contributed by atoms with Crippen molar-refractivity contribution in [2.45, 2.75) is 33.3 Å². The van der Waals surface area contributed by atoms with E-state index in [-0.39, 0.29) is 24.8 Å². The molecule has 1 heterocycles. The number of carbonyl (C=O) groups is 2. The first-order chi connectivity index (χ1) is 16.3. The third-order valence-corrected chi connectivity index (χ3v) is 6.90. The van der Waals surface area contributed by atoms with Gasteiger partial charge in [0.15, 0.2) is 11.5 Å². The van der Waals surface area contributed by atoms with Gasteiger partial charge in [0, 0.05) is 6.54 Å². The molecular formula is C25H26BrNO5S2. The lowest BCUT2D eigenvalue weighted by atomic mass is 10.1. The van der Waals surface area contributed by atoms with Crippen molar-refractivity contribution in [2.75, 3.05) is 20.3 Å². The maximum Gasteiger partial charge on any atom is 0.307 e. The molecule has 1 aliphatic heterocycles. The SMILES string of the molecule is CCCOC(=O)CCN1C(=O)/C(=C/c2cc(Br)c(OCc3ccc(C)cc3)c(OC)c2)SC1=S. The van der Waals surface area contributed by atoms with E-state index in [0.717, 1.165) is 17.5 Å². The number of rotatable bonds is 10. The number of halogens is 1. The third-order valence-electron chi connectivity index (χ3n) is 4.93. The Balaban J connectivity index is 1.71. The van der Waals surface area contributed by atoms with Gasteiger partial charge in [0.25, 0.3) is 5.91 Å². The van der Waals surface area contributed by atoms with Crippen molar-refractivity contribution in [3.8, 4) is 11.5 Å². The number of methoxy groups -OCH3 is 1. The van der Waals surface area contributed by atoms with Crippen LogP contribution < -0.4 is 9.47 Å². The van der Waals surface area contributed by atoms with Crippen LogP contribution >= 0.6 is 39.9 Å². The second-order valence-electron chi connectivity index (χ2n) is 7.61. The summed E-state index contributed by atoms with van der Waals surface area (Å²) in [5.74, 6) is 0.558. The van der Waals surface area contributed by atoms with Gasteiger partial charge in [0.2, 0.25) is 0 Å². The molecule has 1 aliphatic rings. The fourth-order valence-electron chi connectivity index (χ4n) is 3.14. The average molecular weight is 565 g/mol. The van der Waals surface area contributed by atoms with Crippen molar-refractivity contribution < 1.29 is 23.8 Å². The number of aryl methyl sites for hydroxylation is 1. The molecule has 0 atom stereocenters. The van der Waals surface area contributed by atoms with E-state index >= 15 is 0 Å². The molecular weight excluding hydrogens is 538 g/mol. The summed E-state index contributed by atoms with van der Waals surface area (Å²) in [5.41, 5.74) is 2.99. The van der Waals surface area contributed by atoms with Crippen molar-refractivity contribution in [1.82, 2.24) is 4.90 Å². The van der Waals surface area contributed by atoms with Gasteiger partial charge >= 0.3 is 5.97 Å². The number of hydrogen-bond donors (Lipinski definition) is 0. The highest BCUT2D eigenvalue weighted by molar-refractivity contribution is 9.10. The van der Waals surface area contributed by atoms with Crippen molar-refractivity contribution in [3.05, 3.63) is 62.5 Å². The second kappa shape index (κ2) is 12.4. The largest absolute Gasteiger partial charge is 0.493 e. The molecule has 0 unspecified atom stereocenters. The van der Waals surface area contributed by atoms with Gasteiger partial charge < -0.3 is 14.2 Å². The number of thioether (sulfide) groups is 1. The van der Waals surface area contributed by atoms with Crippen LogP contribution in [0.3, 0.4) is 0 Å². The van der Waals surface area contributed by atoms with Crippen LogP contribution in [-0.4, -0.2) is 41.4 Å². The number of hydrogen-bond acceptors (Lipinski definition) is 7. The van der Waals surface area contributed by atoms with E-state index < -0.39 is 0 Å². The van der Waals surface area contributed by atoms with Crippen LogP contribution in [0, 0.1) is 6.92 Å². The number of carbonyl (C=O) groups excluding carboxylic acids is 2. The molecule has 1 fully saturated rings. The molecule has 3 rings (SSSR count). The van der Waals surface area contributed by atoms with Gasteiger partial charge in [0.05, 0.1) is 29.5 Å². The monoisotopic (exact) mass is 563 g/mol. The Kier molecular flexibility index (Phi) is 9.55. The first kappa shape index (κ1) is 26.2. The molecule has 2 aromatic rings. The van der Waals surface area contributed by atoms with Crippen molar-refractivity contribution >= 4 is 62.2 Å². The molecule has 180 valence electrons. The van der Waals surface area contributed by atoms with E-state index in [1.807, 2.05) is 50.2 Å². The van der Waals surface area contributed by atoms with Gasteiger partial charge in [0.1, 0.15) is 10.9 Å². The Morgan fingerprint density at radius 3 is 2.65 bits per heavy atom. The summed E-state index contributed by atoms with van der Waals surface area (Å²) < 4.78 is 17.8. The zero-order valence-corrected chi connectivity index (χ0v) is 22.5. The van der Waals surface area contributed by atoms with Gasteiger partial charge in [-0.2, -0.15) is 0 Å². The Morgan fingerprint density at radius 2 is 1.97 bits per heavy atom. The Morgan fingerprint density at radius 1 is 1.24 bits per heavy atom. The summed E-state index contributed by atoms with van der Waals surface area (Å²) >= 11 is 10.1. The van der Waals surface area contributed by atoms with Crippen LogP contribution in [0.5, 0.6) is 11.5 Å². The molecule has 0 saturated carbocycles. The first-order valence-electron chi connectivity index (χ1n) is 10.8. The van der Waals surface area contributed by atoms with E-state index in [1.165, 1.54) is 22.2 Å². The van der Waals surface area contributed by atoms with E-state index in [1.54, 1.807) is 13.2 Å². The summed E-state index contributed by atoms with van der Waals surface area (Å²) in [6.45, 7) is 4.93. The predicted octanol–water partition coefficient (Wildman–Crippen LogP) is 5.89. The topological polar surface area (TPSA) is 65.1 Å². The summed E-state index contributed by atoms with van der Waals surface area (Å²) in [7, 11) is 1.57. The molecule has 0 bridgehead atoms. The van der Waals surface area contributed by atoms with Gasteiger partial charge in [-0.15, -0.1) is 0 Å². The Bertz CT molecular complexity index is 1100. The summed E-state index contributed by atoms with van der Waals surface area (Å²) in [4.78, 5) is 26.6. The molecule has 1 saturated heterocycles. The van der Waals surface area contributed by atoms with Crippen LogP contribution in [0.2, 0.25) is 0 Å². The minimum absolute atomic E-state index is 0.103. The average Bonchev–Trinajstić information content (AvgIpc) is 3.08. The Hall–Kier alpha value is -2.36. The highest BCUT2D eigenvalue weighted by atomic mass is 79.9. The lowest BCUT2D eigenvalue weighted by molar-refractivity contribution is -0.143. The summed E-state index contributed by atoms with van der Waals surface area (Å²) in [6.07, 6.45) is 2.61. The zero-order valence-electron chi connectivity index (χ0n) is 19.3. The van der Waals surface area contributed by atoms with Crippen LogP contribution in [0.1, 0.15) is 36.5 Å². The number of ether oxygens (including phenoxy) is 3. The molecule has 2 aromatic carbocycles. The van der Waals surface area contributed by atoms with Crippen molar-refractivity contribution in [3.63, 3.8) is 0 Å². The Labute approximate surface area is 217 Å². The second-order valence-corrected chi connectivity index (χ2v) is 10.1. The number of amides is 1. The van der Waals surface area contributed by atoms with Crippen LogP contribution in [0.15, 0.2) is 45.8 Å². The molecule has 34 heavy (non-hydrogen) atoms. The van der Waals surface area contributed by atoms with E-state index in [9.17, 15) is 9.59 Å². The molecule has 0 radical (unpaired) electrons. The zero-order chi connectivity index (χ0) is 24.7. The standard InChI is InChI=1S/C25H26BrNO5S2/c1-4-11-31-22(28)9-10-27-24(29)21(34-25(27)33)14-18-12-19(26)23(20(13-18)30-3)32-15-17-7-5-16(2)6-8-17/h5-8,12-14H,4,9-11,15H2,1-3H3/b21-14-. The van der Waals surface area contributed by atoms with Crippen LogP contribution in [0.25, 0.3) is 6.08 Å². The van der Waals surface area contributed by atoms with Crippen molar-refractivity contribution in [2.24, 2.45) is 0 Å². The lowest BCUT2D eigenvalue weighted by Gasteiger charge is -2.14. The third kappa shape index (κ3) is 6.84. The molecule has 9 heteroatoms. The maximum absolute atomic E-state index is 12.9. The highest BCUT2D eigenvalue weighted by Gasteiger charge is 2.32. The van der Waals surface area contributed by atoms with E-state index in [0.29, 0.717) is 38.4 Å². The van der Waals surface area contributed by atoms with E-state index in [4.69, 9.17) is 26.4 Å². The van der Waals surface area contributed by atoms with Crippen LogP contribution in [0.4, 0.5) is 0 Å². The molecule has 0 spiro atoms. The van der Waals surface area contributed by atoms with Crippen molar-refractivity contribution in [1.29, 1.82) is 0 Å². The number of thiocarbonyl (C=S) groups is 1. The predicted molar refractivity (Wildman–Crippen MR) is 142 cm³/mol. The normalized spacial score (nSPS) is 14.6. The quantitative estimate of drug-likeness (QED) is 0.203. The first-order valence-corrected chi connectivity index (χ1v) is 12.8. The van der Waals surface area contributed by atoms with Gasteiger partial charge in [-0.1, -0.05) is 60.7 Å². The number of esters is 1. The van der Waals surface area contributed by atoms with Crippen LogP contribution in [-0.2, 0) is 20.9 Å². The van der Waals surface area contributed by atoms with Gasteiger partial charge in [-0.3, -0.25) is 14.5 Å². The lowest BCUT2D eigenvalue weighted by Crippen LogP contribution is -2.30.